The zero-order valence-corrected chi connectivity index (χ0v) is 8.11. The third kappa shape index (κ3) is 27.5. The van der Waals surface area contributed by atoms with Gasteiger partial charge in [0.15, 0.2) is 0 Å². The molecule has 0 rings (SSSR count). The molecule has 0 amide bonds. The van der Waals surface area contributed by atoms with Crippen molar-refractivity contribution in [3.05, 3.63) is 0 Å². The van der Waals surface area contributed by atoms with Gasteiger partial charge in [-0.1, -0.05) is 0 Å². The molecule has 0 aromatic rings. The Hall–Kier alpha value is 1.66. The first-order valence-corrected chi connectivity index (χ1v) is 0. The van der Waals surface area contributed by atoms with Gasteiger partial charge >= 0.3 is 42.5 Å². The van der Waals surface area contributed by atoms with E-state index in [0.717, 1.165) is 0 Å². The Bertz CT molecular complexity index is 9.61. The number of rotatable bonds is 0. The topological polar surface area (TPSA) is 57.0 Å². The van der Waals surface area contributed by atoms with Crippen molar-refractivity contribution in [2.45, 2.75) is 0 Å². The second-order valence-corrected chi connectivity index (χ2v) is 0. The van der Waals surface area contributed by atoms with Gasteiger partial charge in [0.2, 0.25) is 0 Å². The molecule has 0 aromatic heterocycles. The van der Waals surface area contributed by atoms with Crippen molar-refractivity contribution < 1.29 is 30.4 Å². The molecule has 0 spiro atoms. The van der Waals surface area contributed by atoms with Gasteiger partial charge < -0.3 is 11.0 Å². The van der Waals surface area contributed by atoms with Gasteiger partial charge in [0.05, 0.1) is 0 Å². The first-order chi connectivity index (χ1) is 0. The normalized spacial score (nSPS) is 0. The molecule has 0 saturated carbocycles. The summed E-state index contributed by atoms with van der Waals surface area (Å²) >= 11 is 0. The molecule has 0 radical (unpaired) electrons. The minimum atomic E-state index is 0. The Morgan fingerprint density at radius 3 is 0.800 bits per heavy atom. The van der Waals surface area contributed by atoms with E-state index in [1.165, 1.54) is 0 Å². The van der Waals surface area contributed by atoms with Crippen LogP contribution in [0.5, 0.6) is 0 Å². The molecule has 0 fully saturated rings. The van der Waals surface area contributed by atoms with Crippen LogP contribution in [0.25, 0.3) is 0 Å². The molecule has 0 aromatic carbocycles. The first-order valence-electron chi connectivity index (χ1n) is 0. The maximum Gasteiger partial charge on any atom is 2.00 e. The molecule has 0 N–H and O–H groups in total. The average Bonchev–Trinajstić information content (AvgIpc) is 0. The summed E-state index contributed by atoms with van der Waals surface area (Å²) in [6, 6.07) is 0. The smallest absolute Gasteiger partial charge is 2.00 e. The minimum Gasteiger partial charge on any atom is -2.00 e. The molecule has 5 heteroatoms. The van der Waals surface area contributed by atoms with Crippen molar-refractivity contribution in [3.63, 3.8) is 0 Å². The fraction of sp³-hybridized carbons (Fsp3) is 0. The molecule has 5 heavy (non-hydrogen) atoms. The van der Waals surface area contributed by atoms with E-state index in [2.05, 4.69) is 0 Å². The molecule has 2 nitrogen and oxygen atoms in total. The van der Waals surface area contributed by atoms with Crippen molar-refractivity contribution in [1.82, 2.24) is 0 Å². The molecule has 0 aliphatic rings. The van der Waals surface area contributed by atoms with E-state index in [1.807, 2.05) is 0 Å². The first kappa shape index (κ1) is 77.4. The van der Waals surface area contributed by atoms with Gasteiger partial charge in [0.25, 0.3) is 0 Å². The molecule has 0 atom stereocenters. The van der Waals surface area contributed by atoms with E-state index >= 15 is 0 Å². The summed E-state index contributed by atoms with van der Waals surface area (Å²) in [5, 5.41) is 0. The summed E-state index contributed by atoms with van der Waals surface area (Å²) in [6.45, 7) is 0. The number of hydrogen-bond donors (Lipinski definition) is 0. The number of hydrogen-bond acceptors (Lipinski definition) is 0. The Morgan fingerprint density at radius 1 is 0.800 bits per heavy atom. The Labute approximate surface area is 66.7 Å². The van der Waals surface area contributed by atoms with Crippen molar-refractivity contribution in [2.24, 2.45) is 0 Å². The second-order valence-electron chi connectivity index (χ2n) is 0. The minimum absolute atomic E-state index is 0. The fourth-order valence-corrected chi connectivity index (χ4v) is 0. The van der Waals surface area contributed by atoms with Gasteiger partial charge in [-0.2, -0.15) is 13.5 Å². The quantitative estimate of drug-likeness (QED) is 0.424. The predicted molar refractivity (Wildman–Crippen MR) is 17.5 cm³/mol. The van der Waals surface area contributed by atoms with Crippen LogP contribution in [0.3, 0.4) is 0 Å². The maximum absolute atomic E-state index is 0. The monoisotopic (exact) mass is 154 g/mol. The Morgan fingerprint density at radius 2 is 0.800 bits per heavy atom. The van der Waals surface area contributed by atoms with Crippen molar-refractivity contribution in [2.75, 3.05) is 0 Å². The predicted octanol–water partition coefficient (Wildman–Crippen LogP) is -0.508. The standard InChI is InChI=1S/Mg.2O.H2S.Zn/h;;;1H2;/q+2;2*-2;;+2. The van der Waals surface area contributed by atoms with Gasteiger partial charge in [-0.3, -0.25) is 0 Å². The third-order valence-corrected chi connectivity index (χ3v) is 0. The molecule has 0 aliphatic heterocycles. The molecule has 0 unspecified atom stereocenters. The van der Waals surface area contributed by atoms with Gasteiger partial charge in [-0.15, -0.1) is 0 Å². The van der Waals surface area contributed by atoms with E-state index in [-0.39, 0.29) is 67.0 Å². The molecule has 0 saturated heterocycles. The average molecular weight is 156 g/mol. The van der Waals surface area contributed by atoms with Crippen LogP contribution in [0, 0.1) is 0 Å². The largest absolute Gasteiger partial charge is 2.00 e. The van der Waals surface area contributed by atoms with E-state index in [4.69, 9.17) is 0 Å². The van der Waals surface area contributed by atoms with Crippen LogP contribution >= 0.6 is 13.5 Å². The van der Waals surface area contributed by atoms with Crippen LogP contribution in [-0.4, -0.2) is 23.1 Å². The molecule has 0 heterocycles. The van der Waals surface area contributed by atoms with Crippen molar-refractivity contribution in [1.29, 1.82) is 0 Å². The van der Waals surface area contributed by atoms with Crippen LogP contribution < -0.4 is 0 Å². The van der Waals surface area contributed by atoms with Crippen LogP contribution in [0.2, 0.25) is 0 Å². The van der Waals surface area contributed by atoms with Crippen molar-refractivity contribution in [3.8, 4) is 0 Å². The van der Waals surface area contributed by atoms with E-state index in [1.54, 1.807) is 0 Å². The summed E-state index contributed by atoms with van der Waals surface area (Å²) in [7, 11) is 0. The second kappa shape index (κ2) is 44.6. The van der Waals surface area contributed by atoms with Crippen molar-refractivity contribution >= 4 is 36.5 Å². The SMILES string of the molecule is S.[Mg+2].[O-2].[O-2].[Zn+2]. The van der Waals surface area contributed by atoms with Gasteiger partial charge in [0.1, 0.15) is 0 Å². The summed E-state index contributed by atoms with van der Waals surface area (Å²) in [4.78, 5) is 0. The summed E-state index contributed by atoms with van der Waals surface area (Å²) < 4.78 is 0. The fourth-order valence-electron chi connectivity index (χ4n) is 0. The van der Waals surface area contributed by atoms with Crippen LogP contribution in [0.15, 0.2) is 0 Å². The van der Waals surface area contributed by atoms with E-state index < -0.39 is 0 Å². The molecular weight excluding hydrogens is 154 g/mol. The van der Waals surface area contributed by atoms with Gasteiger partial charge in [-0.05, 0) is 0 Å². The third-order valence-electron chi connectivity index (χ3n) is 0. The zero-order valence-electron chi connectivity index (χ0n) is 2.73. The van der Waals surface area contributed by atoms with Gasteiger partial charge in [0, 0.05) is 0 Å². The molecule has 24 valence electrons. The Kier molecular flexibility index (Phi) is 691. The molecule has 0 aliphatic carbocycles. The summed E-state index contributed by atoms with van der Waals surface area (Å²) in [5.74, 6) is 0. The Balaban J connectivity index is 0. The summed E-state index contributed by atoms with van der Waals surface area (Å²) in [6.07, 6.45) is 0. The molecular formula is H2MgO2SZn. The van der Waals surface area contributed by atoms with Gasteiger partial charge in [-0.25, -0.2) is 0 Å². The van der Waals surface area contributed by atoms with Crippen LogP contribution in [0.1, 0.15) is 0 Å². The maximum atomic E-state index is 0. The van der Waals surface area contributed by atoms with Crippen LogP contribution in [0.4, 0.5) is 0 Å². The van der Waals surface area contributed by atoms with E-state index in [0.29, 0.717) is 0 Å². The van der Waals surface area contributed by atoms with Crippen LogP contribution in [-0.2, 0) is 30.4 Å². The molecule has 0 bridgehead atoms. The van der Waals surface area contributed by atoms with E-state index in [9.17, 15) is 0 Å². The zero-order chi connectivity index (χ0) is 0. The summed E-state index contributed by atoms with van der Waals surface area (Å²) in [5.41, 5.74) is 0.